The third-order valence-corrected chi connectivity index (χ3v) is 3.70. The van der Waals surface area contributed by atoms with Crippen LogP contribution < -0.4 is 4.90 Å². The summed E-state index contributed by atoms with van der Waals surface area (Å²) in [6.07, 6.45) is 1.17. The molecule has 1 aliphatic heterocycles. The number of aliphatic hydroxyl groups excluding tert-OH is 1. The summed E-state index contributed by atoms with van der Waals surface area (Å²) in [5.41, 5.74) is 1.91. The molecule has 19 heavy (non-hydrogen) atoms. The van der Waals surface area contributed by atoms with Crippen LogP contribution in [0.25, 0.3) is 0 Å². The van der Waals surface area contributed by atoms with Gasteiger partial charge in [-0.25, -0.2) is 0 Å². The van der Waals surface area contributed by atoms with Crippen molar-refractivity contribution in [1.82, 2.24) is 4.90 Å². The summed E-state index contributed by atoms with van der Waals surface area (Å²) in [4.78, 5) is 15.8. The Morgan fingerprint density at radius 1 is 1.32 bits per heavy atom. The molecule has 104 valence electrons. The van der Waals surface area contributed by atoms with Gasteiger partial charge in [0.1, 0.15) is 0 Å². The molecule has 0 radical (unpaired) electrons. The van der Waals surface area contributed by atoms with Crippen LogP contribution in [0.1, 0.15) is 31.4 Å². The van der Waals surface area contributed by atoms with Gasteiger partial charge in [-0.05, 0) is 18.9 Å². The molecular formula is C15H22N2O2. The van der Waals surface area contributed by atoms with E-state index in [1.54, 1.807) is 4.90 Å². The van der Waals surface area contributed by atoms with Crippen LogP contribution in [0.5, 0.6) is 0 Å². The van der Waals surface area contributed by atoms with E-state index in [-0.39, 0.29) is 5.91 Å². The van der Waals surface area contributed by atoms with Crippen molar-refractivity contribution < 1.29 is 9.90 Å². The fraction of sp³-hybridized carbons (Fsp3) is 0.533. The van der Waals surface area contributed by atoms with Crippen LogP contribution in [0.15, 0.2) is 24.3 Å². The summed E-state index contributed by atoms with van der Waals surface area (Å²) in [5.74, 6) is 0.137. The first-order chi connectivity index (χ1) is 9.13. The maximum absolute atomic E-state index is 12.0. The second kappa shape index (κ2) is 6.06. The molecule has 4 nitrogen and oxygen atoms in total. The van der Waals surface area contributed by atoms with Gasteiger partial charge < -0.3 is 14.9 Å². The zero-order valence-corrected chi connectivity index (χ0v) is 11.7. The average molecular weight is 262 g/mol. The summed E-state index contributed by atoms with van der Waals surface area (Å²) in [5, 5.41) is 10.1. The Kier molecular flexibility index (Phi) is 4.43. The van der Waals surface area contributed by atoms with Crippen molar-refractivity contribution in [3.8, 4) is 0 Å². The molecule has 1 aliphatic rings. The highest BCUT2D eigenvalue weighted by Gasteiger charge is 2.22. The van der Waals surface area contributed by atoms with Gasteiger partial charge in [-0.3, -0.25) is 4.79 Å². The first kappa shape index (κ1) is 13.9. The van der Waals surface area contributed by atoms with E-state index in [9.17, 15) is 9.90 Å². The third-order valence-electron chi connectivity index (χ3n) is 3.70. The van der Waals surface area contributed by atoms with Crippen LogP contribution in [0.3, 0.4) is 0 Å². The standard InChI is InChI=1S/C15H22N2O2/c1-3-14(18)12-7-4-5-8-13(12)17-10-6-9-16(2)15(19)11-17/h4-5,7-8,14,18H,3,6,9-11H2,1-2H3/t14-/m0/s1. The van der Waals surface area contributed by atoms with Crippen LogP contribution in [-0.2, 0) is 4.79 Å². The number of nitrogens with zero attached hydrogens (tertiary/aromatic N) is 2. The zero-order chi connectivity index (χ0) is 13.8. The van der Waals surface area contributed by atoms with Crippen LogP contribution in [-0.4, -0.2) is 42.6 Å². The van der Waals surface area contributed by atoms with Crippen molar-refractivity contribution >= 4 is 11.6 Å². The van der Waals surface area contributed by atoms with Gasteiger partial charge in [0, 0.05) is 31.4 Å². The molecular weight excluding hydrogens is 240 g/mol. The minimum atomic E-state index is -0.465. The summed E-state index contributed by atoms with van der Waals surface area (Å²) in [6.45, 7) is 4.00. The number of rotatable bonds is 3. The molecule has 1 N–H and O–H groups in total. The molecule has 1 fully saturated rings. The maximum atomic E-state index is 12.0. The van der Waals surface area contributed by atoms with E-state index in [4.69, 9.17) is 0 Å². The van der Waals surface area contributed by atoms with Crippen molar-refractivity contribution in [2.75, 3.05) is 31.6 Å². The molecule has 1 atom stereocenters. The monoisotopic (exact) mass is 262 g/mol. The van der Waals surface area contributed by atoms with Gasteiger partial charge in [0.05, 0.1) is 12.6 Å². The summed E-state index contributed by atoms with van der Waals surface area (Å²) in [7, 11) is 1.85. The number of para-hydroxylation sites is 1. The molecule has 4 heteroatoms. The number of anilines is 1. The van der Waals surface area contributed by atoms with Gasteiger partial charge in [0.25, 0.3) is 0 Å². The Morgan fingerprint density at radius 2 is 2.05 bits per heavy atom. The molecule has 0 spiro atoms. The smallest absolute Gasteiger partial charge is 0.241 e. The first-order valence-electron chi connectivity index (χ1n) is 6.89. The van der Waals surface area contributed by atoms with Crippen molar-refractivity contribution in [2.24, 2.45) is 0 Å². The number of hydrogen-bond acceptors (Lipinski definition) is 3. The van der Waals surface area contributed by atoms with Crippen molar-refractivity contribution in [2.45, 2.75) is 25.9 Å². The molecule has 0 aliphatic carbocycles. The van der Waals surface area contributed by atoms with Gasteiger partial charge >= 0.3 is 0 Å². The predicted octanol–water partition coefficient (Wildman–Crippen LogP) is 1.80. The lowest BCUT2D eigenvalue weighted by atomic mass is 10.0. The molecule has 1 amide bonds. The topological polar surface area (TPSA) is 43.8 Å². The van der Waals surface area contributed by atoms with Crippen molar-refractivity contribution in [3.63, 3.8) is 0 Å². The summed E-state index contributed by atoms with van der Waals surface area (Å²) >= 11 is 0. The van der Waals surface area contributed by atoms with Gasteiger partial charge in [0.2, 0.25) is 5.91 Å². The lowest BCUT2D eigenvalue weighted by molar-refractivity contribution is -0.127. The Hall–Kier alpha value is -1.55. The van der Waals surface area contributed by atoms with E-state index in [1.165, 1.54) is 0 Å². The molecule has 0 bridgehead atoms. The van der Waals surface area contributed by atoms with Crippen molar-refractivity contribution in [1.29, 1.82) is 0 Å². The Balaban J connectivity index is 2.28. The maximum Gasteiger partial charge on any atom is 0.241 e. The highest BCUT2D eigenvalue weighted by Crippen LogP contribution is 2.28. The van der Waals surface area contributed by atoms with Crippen LogP contribution in [0, 0.1) is 0 Å². The number of carbonyl (C=O) groups is 1. The van der Waals surface area contributed by atoms with Crippen LogP contribution >= 0.6 is 0 Å². The van der Waals surface area contributed by atoms with Gasteiger partial charge in [-0.1, -0.05) is 25.1 Å². The molecule has 2 rings (SSSR count). The normalized spacial score (nSPS) is 18.4. The van der Waals surface area contributed by atoms with Gasteiger partial charge in [-0.2, -0.15) is 0 Å². The SMILES string of the molecule is CC[C@H](O)c1ccccc1N1CCCN(C)C(=O)C1. The predicted molar refractivity (Wildman–Crippen MR) is 76.2 cm³/mol. The van der Waals surface area contributed by atoms with E-state index >= 15 is 0 Å². The Labute approximate surface area is 114 Å². The number of benzene rings is 1. The zero-order valence-electron chi connectivity index (χ0n) is 11.7. The van der Waals surface area contributed by atoms with E-state index in [2.05, 4.69) is 4.90 Å². The number of aliphatic hydroxyl groups is 1. The third kappa shape index (κ3) is 3.07. The molecule has 1 heterocycles. The Morgan fingerprint density at radius 3 is 2.79 bits per heavy atom. The molecule has 0 unspecified atom stereocenters. The molecule has 0 saturated carbocycles. The quantitative estimate of drug-likeness (QED) is 0.903. The number of hydrogen-bond donors (Lipinski definition) is 1. The fourth-order valence-electron chi connectivity index (χ4n) is 2.47. The number of amides is 1. The van der Waals surface area contributed by atoms with Crippen molar-refractivity contribution in [3.05, 3.63) is 29.8 Å². The summed E-state index contributed by atoms with van der Waals surface area (Å²) < 4.78 is 0. The van der Waals surface area contributed by atoms with Crippen LogP contribution in [0.4, 0.5) is 5.69 Å². The summed E-state index contributed by atoms with van der Waals surface area (Å²) in [6, 6.07) is 7.83. The second-order valence-electron chi connectivity index (χ2n) is 5.07. The van der Waals surface area contributed by atoms with Crippen LogP contribution in [0.2, 0.25) is 0 Å². The highest BCUT2D eigenvalue weighted by atomic mass is 16.3. The van der Waals surface area contributed by atoms with E-state index in [0.29, 0.717) is 13.0 Å². The minimum Gasteiger partial charge on any atom is -0.388 e. The number of carbonyl (C=O) groups excluding carboxylic acids is 1. The minimum absolute atomic E-state index is 0.137. The van der Waals surface area contributed by atoms with E-state index in [1.807, 2.05) is 38.2 Å². The van der Waals surface area contributed by atoms with E-state index < -0.39 is 6.10 Å². The lowest BCUT2D eigenvalue weighted by Crippen LogP contribution is -2.34. The molecule has 1 aromatic rings. The largest absolute Gasteiger partial charge is 0.388 e. The molecule has 1 aromatic carbocycles. The number of likely N-dealkylation sites (N-methyl/N-ethyl adjacent to an activating group) is 1. The average Bonchev–Trinajstić information content (AvgIpc) is 2.60. The first-order valence-corrected chi connectivity index (χ1v) is 6.89. The molecule has 1 saturated heterocycles. The lowest BCUT2D eigenvalue weighted by Gasteiger charge is -2.26. The van der Waals surface area contributed by atoms with Gasteiger partial charge in [0.15, 0.2) is 0 Å². The van der Waals surface area contributed by atoms with E-state index in [0.717, 1.165) is 30.8 Å². The van der Waals surface area contributed by atoms with Gasteiger partial charge in [-0.15, -0.1) is 0 Å². The molecule has 0 aromatic heterocycles. The fourth-order valence-corrected chi connectivity index (χ4v) is 2.47. The second-order valence-corrected chi connectivity index (χ2v) is 5.07. The Bertz CT molecular complexity index is 448. The highest BCUT2D eigenvalue weighted by molar-refractivity contribution is 5.82.